The molecule has 1 amide bonds. The van der Waals surface area contributed by atoms with Gasteiger partial charge in [-0.1, -0.05) is 57.5 Å². The number of nitrogens with zero attached hydrogens (tertiary/aromatic N) is 3. The normalized spacial score (nSPS) is 11.4. The van der Waals surface area contributed by atoms with Gasteiger partial charge in [-0.05, 0) is 38.1 Å². The number of aromatic nitrogens is 2. The lowest BCUT2D eigenvalue weighted by Gasteiger charge is -2.18. The molecule has 38 heavy (non-hydrogen) atoms. The first-order chi connectivity index (χ1) is 18.3. The Morgan fingerprint density at radius 2 is 1.55 bits per heavy atom. The molecule has 1 aliphatic rings. The standard InChI is InChI=1S/C21H16ClF2N3O3.C4H8.2C2H6/c1-29-12-7-6-11(16(8-12)30-2)9-27-10-15-18(21(27)28)19(22)26-20(25-15)17-13(23)4-3-5-14(17)24;1-3-4-2;2*1-2/h3-8H,9-10H2,1-2H3;3-4H,1-2H3;2*1-2H3/b;4-3-;;. The Hall–Kier alpha value is -3.52. The van der Waals surface area contributed by atoms with E-state index in [1.807, 2.05) is 53.7 Å². The molecule has 0 unspecified atom stereocenters. The van der Waals surface area contributed by atoms with Crippen molar-refractivity contribution in [3.05, 3.63) is 82.2 Å². The molecule has 3 aromatic rings. The first kappa shape index (κ1) is 32.5. The van der Waals surface area contributed by atoms with Crippen LogP contribution in [0.5, 0.6) is 11.5 Å². The molecule has 1 aliphatic heterocycles. The van der Waals surface area contributed by atoms with Gasteiger partial charge in [0.05, 0.1) is 38.6 Å². The predicted octanol–water partition coefficient (Wildman–Crippen LogP) is 7.88. The van der Waals surface area contributed by atoms with Crippen LogP contribution in [0.15, 0.2) is 48.6 Å². The smallest absolute Gasteiger partial charge is 0.259 e. The number of carbonyl (C=O) groups is 1. The molecule has 0 atom stereocenters. The summed E-state index contributed by atoms with van der Waals surface area (Å²) in [5.41, 5.74) is 0.809. The van der Waals surface area contributed by atoms with Crippen molar-refractivity contribution in [1.82, 2.24) is 14.9 Å². The number of ether oxygens (including phenoxy) is 2. The fourth-order valence-electron chi connectivity index (χ4n) is 3.35. The Morgan fingerprint density at radius 3 is 2.08 bits per heavy atom. The second kappa shape index (κ2) is 16.3. The Bertz CT molecular complexity index is 1210. The Labute approximate surface area is 229 Å². The molecule has 2 aromatic carbocycles. The largest absolute Gasteiger partial charge is 0.497 e. The Balaban J connectivity index is 0.000000811. The third-order valence-electron chi connectivity index (χ3n) is 5.16. The molecule has 206 valence electrons. The molecule has 9 heteroatoms. The molecule has 0 spiro atoms. The fraction of sp³-hybridized carbons (Fsp3) is 0.345. The lowest BCUT2D eigenvalue weighted by atomic mass is 10.1. The second-order valence-electron chi connectivity index (χ2n) is 7.26. The predicted molar refractivity (Wildman–Crippen MR) is 149 cm³/mol. The van der Waals surface area contributed by atoms with Crippen LogP contribution >= 0.6 is 11.6 Å². The summed E-state index contributed by atoms with van der Waals surface area (Å²) in [5.74, 6) is -1.01. The zero-order valence-corrected chi connectivity index (χ0v) is 24.0. The van der Waals surface area contributed by atoms with Crippen molar-refractivity contribution in [2.75, 3.05) is 14.2 Å². The molecule has 0 radical (unpaired) electrons. The summed E-state index contributed by atoms with van der Waals surface area (Å²) in [5, 5.41) is -0.146. The molecule has 4 rings (SSSR count). The van der Waals surface area contributed by atoms with Gasteiger partial charge in [0.1, 0.15) is 33.9 Å². The number of fused-ring (bicyclic) bond motifs is 1. The van der Waals surface area contributed by atoms with Crippen molar-refractivity contribution < 1.29 is 23.0 Å². The zero-order chi connectivity index (χ0) is 28.8. The van der Waals surface area contributed by atoms with Crippen LogP contribution < -0.4 is 9.47 Å². The van der Waals surface area contributed by atoms with Crippen molar-refractivity contribution in [3.63, 3.8) is 0 Å². The van der Waals surface area contributed by atoms with Crippen LogP contribution in [0.25, 0.3) is 11.4 Å². The van der Waals surface area contributed by atoms with Crippen LogP contribution in [0.4, 0.5) is 8.78 Å². The van der Waals surface area contributed by atoms with E-state index in [9.17, 15) is 13.6 Å². The van der Waals surface area contributed by atoms with Crippen LogP contribution in [0, 0.1) is 11.6 Å². The third-order valence-corrected chi connectivity index (χ3v) is 5.43. The van der Waals surface area contributed by atoms with Gasteiger partial charge in [0.25, 0.3) is 5.91 Å². The first-order valence-electron chi connectivity index (χ1n) is 12.4. The van der Waals surface area contributed by atoms with Crippen molar-refractivity contribution in [2.45, 2.75) is 54.6 Å². The van der Waals surface area contributed by atoms with Crippen LogP contribution in [-0.2, 0) is 13.1 Å². The van der Waals surface area contributed by atoms with Crippen molar-refractivity contribution in [1.29, 1.82) is 0 Å². The van der Waals surface area contributed by atoms with Gasteiger partial charge in [-0.3, -0.25) is 4.79 Å². The van der Waals surface area contributed by atoms with E-state index in [-0.39, 0.29) is 41.1 Å². The van der Waals surface area contributed by atoms with E-state index >= 15 is 0 Å². The summed E-state index contributed by atoms with van der Waals surface area (Å²) in [6.45, 7) is 12.3. The molecule has 1 aromatic heterocycles. The molecule has 0 aliphatic carbocycles. The topological polar surface area (TPSA) is 64.5 Å². The van der Waals surface area contributed by atoms with E-state index in [2.05, 4.69) is 9.97 Å². The number of hydrogen-bond acceptors (Lipinski definition) is 5. The summed E-state index contributed by atoms with van der Waals surface area (Å²) in [6, 6.07) is 8.73. The summed E-state index contributed by atoms with van der Waals surface area (Å²) < 4.78 is 38.9. The first-order valence-corrected chi connectivity index (χ1v) is 12.8. The zero-order valence-electron chi connectivity index (χ0n) is 23.2. The maximum Gasteiger partial charge on any atom is 0.259 e. The van der Waals surface area contributed by atoms with Gasteiger partial charge >= 0.3 is 0 Å². The number of hydrogen-bond donors (Lipinski definition) is 0. The Morgan fingerprint density at radius 1 is 0.947 bits per heavy atom. The molecule has 0 saturated carbocycles. The molecule has 6 nitrogen and oxygen atoms in total. The molecular formula is C29H36ClF2N3O3. The van der Waals surface area contributed by atoms with Gasteiger partial charge < -0.3 is 14.4 Å². The van der Waals surface area contributed by atoms with E-state index in [1.54, 1.807) is 25.3 Å². The number of carbonyl (C=O) groups excluding carboxylic acids is 1. The quantitative estimate of drug-likeness (QED) is 0.240. The van der Waals surface area contributed by atoms with Gasteiger partial charge in [-0.25, -0.2) is 18.7 Å². The van der Waals surface area contributed by atoms with E-state index in [0.29, 0.717) is 17.2 Å². The highest BCUT2D eigenvalue weighted by molar-refractivity contribution is 6.33. The molecular weight excluding hydrogens is 512 g/mol. The van der Waals surface area contributed by atoms with Gasteiger partial charge in [-0.2, -0.15) is 0 Å². The van der Waals surface area contributed by atoms with E-state index in [0.717, 1.165) is 17.7 Å². The molecule has 0 fully saturated rings. The number of rotatable bonds is 5. The number of amides is 1. The van der Waals surface area contributed by atoms with Gasteiger partial charge in [0, 0.05) is 11.6 Å². The highest BCUT2D eigenvalue weighted by atomic mass is 35.5. The minimum absolute atomic E-state index is 0.120. The van der Waals surface area contributed by atoms with Gasteiger partial charge in [0.15, 0.2) is 5.82 Å². The highest BCUT2D eigenvalue weighted by Gasteiger charge is 2.33. The van der Waals surface area contributed by atoms with Crippen LogP contribution in [0.2, 0.25) is 5.15 Å². The second-order valence-corrected chi connectivity index (χ2v) is 7.62. The molecule has 2 heterocycles. The SMILES string of the molecule is C/C=C\C.CC.CC.COc1ccc(CN2Cc3nc(-c4c(F)cccc4F)nc(Cl)c3C2=O)c(OC)c1. The average molecular weight is 548 g/mol. The summed E-state index contributed by atoms with van der Waals surface area (Å²) in [6.07, 6.45) is 4.00. The van der Waals surface area contributed by atoms with Crippen molar-refractivity contribution >= 4 is 17.5 Å². The van der Waals surface area contributed by atoms with E-state index in [4.69, 9.17) is 21.1 Å². The van der Waals surface area contributed by atoms with Gasteiger partial charge in [0.2, 0.25) is 0 Å². The van der Waals surface area contributed by atoms with Gasteiger partial charge in [-0.15, -0.1) is 0 Å². The van der Waals surface area contributed by atoms with Crippen LogP contribution in [0.1, 0.15) is 63.2 Å². The summed E-state index contributed by atoms with van der Waals surface area (Å²) in [4.78, 5) is 22.6. The van der Waals surface area contributed by atoms with Crippen molar-refractivity contribution in [3.8, 4) is 22.9 Å². The Kier molecular flexibility index (Phi) is 14.0. The maximum absolute atomic E-state index is 14.1. The van der Waals surface area contributed by atoms with E-state index < -0.39 is 11.6 Å². The number of benzene rings is 2. The van der Waals surface area contributed by atoms with Crippen LogP contribution in [-0.4, -0.2) is 35.0 Å². The number of methoxy groups -OCH3 is 2. The maximum atomic E-state index is 14.1. The third kappa shape index (κ3) is 7.74. The van der Waals surface area contributed by atoms with Crippen molar-refractivity contribution in [2.24, 2.45) is 0 Å². The summed E-state index contributed by atoms with van der Waals surface area (Å²) in [7, 11) is 3.07. The fourth-order valence-corrected chi connectivity index (χ4v) is 3.62. The lowest BCUT2D eigenvalue weighted by Crippen LogP contribution is -2.23. The summed E-state index contributed by atoms with van der Waals surface area (Å²) >= 11 is 6.21. The minimum Gasteiger partial charge on any atom is -0.497 e. The minimum atomic E-state index is -0.810. The highest BCUT2D eigenvalue weighted by Crippen LogP contribution is 2.33. The average Bonchev–Trinajstić information content (AvgIpc) is 3.26. The molecule has 0 bridgehead atoms. The molecule has 0 N–H and O–H groups in total. The lowest BCUT2D eigenvalue weighted by molar-refractivity contribution is 0.0765. The number of allylic oxidation sites excluding steroid dienone is 2. The van der Waals surface area contributed by atoms with E-state index in [1.165, 1.54) is 18.1 Å². The molecule has 0 saturated heterocycles. The number of halogens is 3. The van der Waals surface area contributed by atoms with Crippen LogP contribution in [0.3, 0.4) is 0 Å². The monoisotopic (exact) mass is 547 g/mol.